The molecule has 1 saturated heterocycles. The third-order valence-corrected chi connectivity index (χ3v) is 2.26. The van der Waals surface area contributed by atoms with E-state index >= 15 is 0 Å². The number of carbonyl (C=O) groups excluding carboxylic acids is 1. The second-order valence-corrected chi connectivity index (χ2v) is 3.50. The summed E-state index contributed by atoms with van der Waals surface area (Å²) in [5, 5.41) is 6.14. The number of hydrogen-bond donors (Lipinski definition) is 1. The van der Waals surface area contributed by atoms with Gasteiger partial charge in [0.1, 0.15) is 0 Å². The van der Waals surface area contributed by atoms with Crippen LogP contribution in [0.25, 0.3) is 10.4 Å². The first kappa shape index (κ1) is 11.8. The van der Waals surface area contributed by atoms with Crippen LogP contribution in [0.2, 0.25) is 0 Å². The molecule has 0 aromatic heterocycles. The Labute approximate surface area is 88.6 Å². The molecule has 1 unspecified atom stereocenters. The van der Waals surface area contributed by atoms with Crippen molar-refractivity contribution >= 4 is 5.91 Å². The molecule has 0 saturated carbocycles. The van der Waals surface area contributed by atoms with Crippen molar-refractivity contribution in [2.24, 2.45) is 5.11 Å². The van der Waals surface area contributed by atoms with Crippen LogP contribution >= 0.6 is 0 Å². The maximum absolute atomic E-state index is 11.3. The smallest absolute Gasteiger partial charge is 0.222 e. The Morgan fingerprint density at radius 1 is 1.67 bits per heavy atom. The van der Waals surface area contributed by atoms with E-state index in [4.69, 9.17) is 10.3 Å². The van der Waals surface area contributed by atoms with Crippen molar-refractivity contribution < 1.29 is 9.53 Å². The van der Waals surface area contributed by atoms with Gasteiger partial charge in [-0.05, 0) is 24.8 Å². The van der Waals surface area contributed by atoms with Crippen LogP contribution in [0.1, 0.15) is 25.7 Å². The Bertz CT molecular complexity index is 244. The van der Waals surface area contributed by atoms with Crippen LogP contribution in [0.3, 0.4) is 0 Å². The van der Waals surface area contributed by atoms with Crippen molar-refractivity contribution in [3.63, 3.8) is 0 Å². The van der Waals surface area contributed by atoms with Gasteiger partial charge in [0, 0.05) is 24.6 Å². The number of hydrogen-bond acceptors (Lipinski definition) is 3. The molecule has 0 spiro atoms. The summed E-state index contributed by atoms with van der Waals surface area (Å²) in [5.74, 6) is 0.0165. The van der Waals surface area contributed by atoms with Crippen LogP contribution in [0.4, 0.5) is 0 Å². The molecule has 0 aliphatic carbocycles. The van der Waals surface area contributed by atoms with Gasteiger partial charge in [0.05, 0.1) is 12.5 Å². The lowest BCUT2D eigenvalue weighted by atomic mass is 10.2. The quantitative estimate of drug-likeness (QED) is 0.312. The first-order valence-electron chi connectivity index (χ1n) is 5.22. The summed E-state index contributed by atoms with van der Waals surface area (Å²) < 4.78 is 5.34. The lowest BCUT2D eigenvalue weighted by Crippen LogP contribution is -2.28. The summed E-state index contributed by atoms with van der Waals surface area (Å²) in [6.07, 6.45) is 3.26. The molecule has 1 aliphatic heterocycles. The second kappa shape index (κ2) is 7.09. The van der Waals surface area contributed by atoms with E-state index < -0.39 is 0 Å². The topological polar surface area (TPSA) is 87.1 Å². The Morgan fingerprint density at radius 3 is 3.20 bits per heavy atom. The molecule has 1 amide bonds. The Morgan fingerprint density at radius 2 is 2.53 bits per heavy atom. The standard InChI is InChI=1S/C9H16N4O2/c10-13-12-5-2-4-11-9(14)7-8-3-1-6-15-8/h8H,1-7H2,(H,11,14). The van der Waals surface area contributed by atoms with E-state index in [-0.39, 0.29) is 12.0 Å². The minimum absolute atomic E-state index is 0.0165. The van der Waals surface area contributed by atoms with Gasteiger partial charge in [0.25, 0.3) is 0 Å². The van der Waals surface area contributed by atoms with Crippen molar-refractivity contribution in [2.45, 2.75) is 31.8 Å². The molecule has 6 nitrogen and oxygen atoms in total. The molecular formula is C9H16N4O2. The Balaban J connectivity index is 2.00. The van der Waals surface area contributed by atoms with Crippen LogP contribution in [0.5, 0.6) is 0 Å². The fourth-order valence-corrected chi connectivity index (χ4v) is 1.51. The van der Waals surface area contributed by atoms with E-state index in [2.05, 4.69) is 15.3 Å². The van der Waals surface area contributed by atoms with Crippen molar-refractivity contribution in [3.8, 4) is 0 Å². The molecule has 0 radical (unpaired) electrons. The normalized spacial score (nSPS) is 19.6. The Kier molecular flexibility index (Phi) is 5.58. The predicted octanol–water partition coefficient (Wildman–Crippen LogP) is 1.37. The molecule has 84 valence electrons. The van der Waals surface area contributed by atoms with Crippen molar-refractivity contribution in [2.75, 3.05) is 19.7 Å². The monoisotopic (exact) mass is 212 g/mol. The molecule has 0 bridgehead atoms. The number of amides is 1. The average Bonchev–Trinajstić information content (AvgIpc) is 2.70. The number of rotatable bonds is 6. The molecule has 0 aromatic carbocycles. The summed E-state index contributed by atoms with van der Waals surface area (Å²) >= 11 is 0. The lowest BCUT2D eigenvalue weighted by molar-refractivity contribution is -0.123. The van der Waals surface area contributed by atoms with E-state index in [1.807, 2.05) is 0 Å². The highest BCUT2D eigenvalue weighted by molar-refractivity contribution is 5.76. The van der Waals surface area contributed by atoms with E-state index in [9.17, 15) is 4.79 Å². The first-order valence-corrected chi connectivity index (χ1v) is 5.22. The third-order valence-electron chi connectivity index (χ3n) is 2.26. The highest BCUT2D eigenvalue weighted by Gasteiger charge is 2.18. The van der Waals surface area contributed by atoms with Crippen molar-refractivity contribution in [1.29, 1.82) is 0 Å². The third kappa shape index (κ3) is 5.24. The lowest BCUT2D eigenvalue weighted by Gasteiger charge is -2.08. The van der Waals surface area contributed by atoms with Gasteiger partial charge in [-0.2, -0.15) is 0 Å². The van der Waals surface area contributed by atoms with Gasteiger partial charge in [-0.3, -0.25) is 4.79 Å². The van der Waals surface area contributed by atoms with Crippen LogP contribution < -0.4 is 5.32 Å². The summed E-state index contributed by atoms with van der Waals surface area (Å²) in [7, 11) is 0. The van der Waals surface area contributed by atoms with Gasteiger partial charge in [-0.15, -0.1) is 0 Å². The van der Waals surface area contributed by atoms with Crippen LogP contribution in [-0.2, 0) is 9.53 Å². The van der Waals surface area contributed by atoms with E-state index in [0.717, 1.165) is 19.4 Å². The molecule has 6 heteroatoms. The van der Waals surface area contributed by atoms with Crippen LogP contribution in [0, 0.1) is 0 Å². The SMILES string of the molecule is [N-]=[N+]=NCCCNC(=O)CC1CCCO1. The van der Waals surface area contributed by atoms with E-state index in [1.54, 1.807) is 0 Å². The molecule has 15 heavy (non-hydrogen) atoms. The van der Waals surface area contributed by atoms with Gasteiger partial charge in [0.15, 0.2) is 0 Å². The molecular weight excluding hydrogens is 196 g/mol. The highest BCUT2D eigenvalue weighted by Crippen LogP contribution is 2.14. The fraction of sp³-hybridized carbons (Fsp3) is 0.889. The first-order chi connectivity index (χ1) is 7.33. The molecule has 1 atom stereocenters. The molecule has 1 N–H and O–H groups in total. The molecule has 1 aliphatic rings. The number of azide groups is 1. The fourth-order valence-electron chi connectivity index (χ4n) is 1.51. The summed E-state index contributed by atoms with van der Waals surface area (Å²) in [5.41, 5.74) is 8.02. The molecule has 1 heterocycles. The largest absolute Gasteiger partial charge is 0.378 e. The number of nitrogens with one attached hydrogen (secondary N) is 1. The molecule has 1 rings (SSSR count). The summed E-state index contributed by atoms with van der Waals surface area (Å²) in [6.45, 7) is 1.76. The number of nitrogens with zero attached hydrogens (tertiary/aromatic N) is 3. The van der Waals surface area contributed by atoms with Gasteiger partial charge in [-0.1, -0.05) is 5.11 Å². The van der Waals surface area contributed by atoms with E-state index in [0.29, 0.717) is 25.9 Å². The van der Waals surface area contributed by atoms with Gasteiger partial charge in [-0.25, -0.2) is 0 Å². The molecule has 1 fully saturated rings. The predicted molar refractivity (Wildman–Crippen MR) is 55.2 cm³/mol. The number of ether oxygens (including phenoxy) is 1. The summed E-state index contributed by atoms with van der Waals surface area (Å²) in [4.78, 5) is 14.0. The maximum atomic E-state index is 11.3. The zero-order valence-electron chi connectivity index (χ0n) is 8.69. The van der Waals surface area contributed by atoms with Gasteiger partial charge < -0.3 is 10.1 Å². The van der Waals surface area contributed by atoms with Gasteiger partial charge in [0.2, 0.25) is 5.91 Å². The number of carbonyl (C=O) groups is 1. The minimum atomic E-state index is 0.0165. The zero-order valence-corrected chi connectivity index (χ0v) is 8.69. The van der Waals surface area contributed by atoms with Gasteiger partial charge >= 0.3 is 0 Å². The van der Waals surface area contributed by atoms with E-state index in [1.165, 1.54) is 0 Å². The summed E-state index contributed by atoms with van der Waals surface area (Å²) in [6, 6.07) is 0. The maximum Gasteiger partial charge on any atom is 0.222 e. The van der Waals surface area contributed by atoms with Crippen LogP contribution in [-0.4, -0.2) is 31.7 Å². The molecule has 0 aromatic rings. The van der Waals surface area contributed by atoms with Crippen molar-refractivity contribution in [3.05, 3.63) is 10.4 Å². The Hall–Kier alpha value is -1.26. The van der Waals surface area contributed by atoms with Crippen molar-refractivity contribution in [1.82, 2.24) is 5.32 Å². The minimum Gasteiger partial charge on any atom is -0.378 e. The average molecular weight is 212 g/mol. The highest BCUT2D eigenvalue weighted by atomic mass is 16.5. The second-order valence-electron chi connectivity index (χ2n) is 3.50. The van der Waals surface area contributed by atoms with Crippen LogP contribution in [0.15, 0.2) is 5.11 Å². The zero-order chi connectivity index (χ0) is 10.9.